The van der Waals surface area contributed by atoms with E-state index in [0.717, 1.165) is 22.4 Å². The lowest BCUT2D eigenvalue weighted by Gasteiger charge is -2.12. The number of ether oxygens (including phenoxy) is 1. The minimum Gasteiger partial charge on any atom is -0.478 e. The molecule has 39 heavy (non-hydrogen) atoms. The number of carbonyl (C=O) groups is 1. The van der Waals surface area contributed by atoms with Crippen LogP contribution >= 0.6 is 23.9 Å². The summed E-state index contributed by atoms with van der Waals surface area (Å²) in [5.74, 6) is -0.267. The highest BCUT2D eigenvalue weighted by Crippen LogP contribution is 2.30. The third-order valence-corrected chi connectivity index (χ3v) is 6.85. The molecule has 0 aliphatic carbocycles. The molecule has 4 aromatic carbocycles. The molecule has 0 aromatic heterocycles. The summed E-state index contributed by atoms with van der Waals surface area (Å²) in [5.41, 5.74) is 1.34. The maximum Gasteiger partial charge on any atom is 0.337 e. The van der Waals surface area contributed by atoms with Crippen molar-refractivity contribution in [1.29, 1.82) is 0 Å². The predicted octanol–water partition coefficient (Wildman–Crippen LogP) is 6.91. The summed E-state index contributed by atoms with van der Waals surface area (Å²) in [6, 6.07) is 24.1. The smallest absolute Gasteiger partial charge is 0.337 e. The van der Waals surface area contributed by atoms with E-state index in [1.807, 2.05) is 12.1 Å². The molecule has 0 spiro atoms. The number of rotatable bonds is 12. The van der Waals surface area contributed by atoms with Crippen molar-refractivity contribution in [1.82, 2.24) is 4.72 Å². The molecule has 0 amide bonds. The van der Waals surface area contributed by atoms with Gasteiger partial charge in [0.2, 0.25) is 0 Å². The van der Waals surface area contributed by atoms with Crippen LogP contribution in [0.2, 0.25) is 0 Å². The lowest BCUT2D eigenvalue weighted by atomic mass is 10.1. The van der Waals surface area contributed by atoms with Crippen LogP contribution in [0.15, 0.2) is 101 Å². The van der Waals surface area contributed by atoms with Gasteiger partial charge in [0.05, 0.1) is 21.1 Å². The van der Waals surface area contributed by atoms with Gasteiger partial charge in [-0.2, -0.15) is 0 Å². The lowest BCUT2D eigenvalue weighted by Crippen LogP contribution is -2.03. The molecule has 198 valence electrons. The zero-order chi connectivity index (χ0) is 27.8. The van der Waals surface area contributed by atoms with Gasteiger partial charge in [-0.05, 0) is 84.1 Å². The van der Waals surface area contributed by atoms with Gasteiger partial charge in [0, 0.05) is 40.6 Å². The third-order valence-electron chi connectivity index (χ3n) is 5.22. The normalized spacial score (nSPS) is 10.6. The summed E-state index contributed by atoms with van der Waals surface area (Å²) in [5, 5.41) is 31.2. The fraction of sp³-hybridized carbons (Fsp3) is 0.0385. The zero-order valence-corrected chi connectivity index (χ0v) is 21.6. The Bertz CT molecular complexity index is 1480. The number of hydrogen-bond donors (Lipinski definition) is 3. The van der Waals surface area contributed by atoms with E-state index in [0.29, 0.717) is 28.6 Å². The van der Waals surface area contributed by atoms with E-state index in [-0.39, 0.29) is 16.9 Å². The van der Waals surface area contributed by atoms with Gasteiger partial charge in [-0.25, -0.2) is 4.79 Å². The van der Waals surface area contributed by atoms with Gasteiger partial charge in [0.15, 0.2) is 0 Å². The lowest BCUT2D eigenvalue weighted by molar-refractivity contribution is -0.385. The van der Waals surface area contributed by atoms with Gasteiger partial charge < -0.3 is 14.6 Å². The maximum absolute atomic E-state index is 11.8. The van der Waals surface area contributed by atoms with Crippen molar-refractivity contribution >= 4 is 46.9 Å². The molecule has 13 heteroatoms. The number of nitrogens with one attached hydrogen (secondary N) is 2. The summed E-state index contributed by atoms with van der Waals surface area (Å²) in [6.07, 6.45) is 0. The highest BCUT2D eigenvalue weighted by atomic mass is 32.2. The SMILES string of the molecule is O=C(O)c1cc(Oc2ccc(CNSc3ccc([N+](=O)[O-])cc3)cc2)ccc1NSc1ccc([N+](=O)[O-])cc1. The second-order valence-electron chi connectivity index (χ2n) is 7.89. The Balaban J connectivity index is 1.32. The van der Waals surface area contributed by atoms with Crippen molar-refractivity contribution in [2.24, 2.45) is 0 Å². The van der Waals surface area contributed by atoms with Crippen LogP contribution in [0.25, 0.3) is 0 Å². The van der Waals surface area contributed by atoms with E-state index < -0.39 is 15.8 Å². The number of carboxylic acids is 1. The molecule has 0 fully saturated rings. The van der Waals surface area contributed by atoms with Gasteiger partial charge in [-0.15, -0.1) is 0 Å². The number of non-ortho nitro benzene ring substituents is 2. The Labute approximate surface area is 230 Å². The minimum atomic E-state index is -1.14. The van der Waals surface area contributed by atoms with Crippen molar-refractivity contribution < 1.29 is 24.5 Å². The number of carboxylic acid groups (broad SMARTS) is 1. The van der Waals surface area contributed by atoms with E-state index in [9.17, 15) is 30.1 Å². The van der Waals surface area contributed by atoms with E-state index in [2.05, 4.69) is 9.44 Å². The molecule has 4 rings (SSSR count). The number of aromatic carboxylic acids is 1. The number of nitro benzene ring substituents is 2. The van der Waals surface area contributed by atoms with Gasteiger partial charge in [0.25, 0.3) is 11.4 Å². The second-order valence-corrected chi connectivity index (χ2v) is 9.73. The van der Waals surface area contributed by atoms with Gasteiger partial charge in [-0.1, -0.05) is 12.1 Å². The van der Waals surface area contributed by atoms with Gasteiger partial charge in [-0.3, -0.25) is 25.0 Å². The number of nitrogens with zero attached hydrogens (tertiary/aromatic N) is 2. The first-order chi connectivity index (χ1) is 18.8. The van der Waals surface area contributed by atoms with Gasteiger partial charge in [0.1, 0.15) is 11.5 Å². The van der Waals surface area contributed by atoms with Crippen LogP contribution in [-0.2, 0) is 6.54 Å². The monoisotopic (exact) mass is 564 g/mol. The third kappa shape index (κ3) is 7.70. The van der Waals surface area contributed by atoms with Crippen LogP contribution in [0, 0.1) is 20.2 Å². The molecule has 11 nitrogen and oxygen atoms in total. The Morgan fingerprint density at radius 2 is 1.31 bits per heavy atom. The molecule has 0 aliphatic rings. The molecule has 3 N–H and O–H groups in total. The standard InChI is InChI=1S/C26H20N4O7S2/c31-26(32)24-15-21(9-14-25(24)28-39-23-12-5-19(6-13-23)30(35)36)37-20-7-1-17(2-8-20)16-27-38-22-10-3-18(4-11-22)29(33)34/h1-15,27-28H,16H2,(H,31,32). The topological polar surface area (TPSA) is 157 Å². The van der Waals surface area contributed by atoms with Crippen molar-refractivity contribution in [2.75, 3.05) is 4.72 Å². The van der Waals surface area contributed by atoms with E-state index >= 15 is 0 Å². The molecule has 0 aliphatic heterocycles. The summed E-state index contributed by atoms with van der Waals surface area (Å²) in [6.45, 7) is 0.540. The first kappa shape index (κ1) is 27.4. The van der Waals surface area contributed by atoms with Crippen LogP contribution in [0.4, 0.5) is 17.1 Å². The van der Waals surface area contributed by atoms with Crippen LogP contribution in [-0.4, -0.2) is 20.9 Å². The summed E-state index contributed by atoms with van der Waals surface area (Å²) in [4.78, 5) is 34.0. The highest BCUT2D eigenvalue weighted by molar-refractivity contribution is 8.00. The largest absolute Gasteiger partial charge is 0.478 e. The van der Waals surface area contributed by atoms with Gasteiger partial charge >= 0.3 is 5.97 Å². The molecule has 0 unspecified atom stereocenters. The average molecular weight is 565 g/mol. The van der Waals surface area contributed by atoms with E-state index in [4.69, 9.17) is 4.74 Å². The molecule has 4 aromatic rings. The predicted molar refractivity (Wildman–Crippen MR) is 148 cm³/mol. The fourth-order valence-electron chi connectivity index (χ4n) is 3.25. The molecule has 0 saturated carbocycles. The number of benzene rings is 4. The summed E-state index contributed by atoms with van der Waals surface area (Å²) in [7, 11) is 0. The average Bonchev–Trinajstić information content (AvgIpc) is 2.93. The Morgan fingerprint density at radius 1 is 0.769 bits per heavy atom. The van der Waals surface area contributed by atoms with E-state index in [1.54, 1.807) is 48.5 Å². The molecular formula is C26H20N4O7S2. The maximum atomic E-state index is 11.8. The van der Waals surface area contributed by atoms with Crippen LogP contribution in [0.5, 0.6) is 11.5 Å². The van der Waals surface area contributed by atoms with E-state index in [1.165, 1.54) is 42.3 Å². The molecule has 0 bridgehead atoms. The Morgan fingerprint density at radius 3 is 1.85 bits per heavy atom. The van der Waals surface area contributed by atoms with Crippen LogP contribution in [0.1, 0.15) is 15.9 Å². The fourth-order valence-corrected chi connectivity index (χ4v) is 4.61. The first-order valence-electron chi connectivity index (χ1n) is 11.2. The highest BCUT2D eigenvalue weighted by Gasteiger charge is 2.13. The molecule has 0 saturated heterocycles. The number of hydrogen-bond acceptors (Lipinski definition) is 10. The van der Waals surface area contributed by atoms with Crippen LogP contribution in [0.3, 0.4) is 0 Å². The quantitative estimate of drug-likeness (QED) is 0.0933. The molecular weight excluding hydrogens is 544 g/mol. The Hall–Kier alpha value is -4.59. The Kier molecular flexibility index (Phi) is 8.99. The second kappa shape index (κ2) is 12.8. The number of anilines is 1. The van der Waals surface area contributed by atoms with Crippen molar-refractivity contribution in [3.05, 3.63) is 122 Å². The zero-order valence-electron chi connectivity index (χ0n) is 20.0. The van der Waals surface area contributed by atoms with Crippen LogP contribution < -0.4 is 14.2 Å². The first-order valence-corrected chi connectivity index (χ1v) is 12.9. The molecule has 0 heterocycles. The minimum absolute atomic E-state index is 0.00556. The van der Waals surface area contributed by atoms with Crippen molar-refractivity contribution in [2.45, 2.75) is 16.3 Å². The van der Waals surface area contributed by atoms with Crippen molar-refractivity contribution in [3.8, 4) is 11.5 Å². The summed E-state index contributed by atoms with van der Waals surface area (Å²) < 4.78 is 12.0. The molecule has 0 radical (unpaired) electrons. The molecule has 0 atom stereocenters. The number of nitro groups is 2. The van der Waals surface area contributed by atoms with Crippen molar-refractivity contribution in [3.63, 3.8) is 0 Å². The summed E-state index contributed by atoms with van der Waals surface area (Å²) >= 11 is 2.49.